The zero-order chi connectivity index (χ0) is 12.5. The molecule has 0 aliphatic carbocycles. The normalized spacial score (nSPS) is 10.2. The van der Waals surface area contributed by atoms with Crippen molar-refractivity contribution in [3.05, 3.63) is 18.2 Å². The molecule has 0 aliphatic rings. The molecule has 0 spiro atoms. The second kappa shape index (κ2) is 8.05. The highest BCUT2D eigenvalue weighted by atomic mass is 16.5. The third-order valence-corrected chi connectivity index (χ3v) is 2.44. The number of rotatable bonds is 8. The van der Waals surface area contributed by atoms with Gasteiger partial charge in [0.15, 0.2) is 0 Å². The van der Waals surface area contributed by atoms with Gasteiger partial charge in [0.1, 0.15) is 19.3 Å². The summed E-state index contributed by atoms with van der Waals surface area (Å²) in [5.41, 5.74) is 0.686. The minimum absolute atomic E-state index is 0.686. The van der Waals surface area contributed by atoms with Crippen LogP contribution in [0.4, 0.5) is 0 Å². The van der Waals surface area contributed by atoms with Gasteiger partial charge in [0.25, 0.3) is 0 Å². The summed E-state index contributed by atoms with van der Waals surface area (Å²) >= 11 is 0. The summed E-state index contributed by atoms with van der Waals surface area (Å²) in [5.74, 6) is 1.59. The molecule has 0 bridgehead atoms. The summed E-state index contributed by atoms with van der Waals surface area (Å²) in [4.78, 5) is 0. The first-order chi connectivity index (χ1) is 8.26. The molecule has 0 aromatic heterocycles. The fraction of sp³-hybridized carbons (Fsp3) is 0.571. The van der Waals surface area contributed by atoms with E-state index in [1.54, 1.807) is 0 Å². The Hall–Kier alpha value is -1.12. The van der Waals surface area contributed by atoms with E-state index < -0.39 is 0 Å². The van der Waals surface area contributed by atoms with Crippen LogP contribution in [0.2, 0.25) is 0 Å². The summed E-state index contributed by atoms with van der Waals surface area (Å²) in [6.45, 7) is 5.74. The molecule has 1 aromatic rings. The Kier molecular flexibility index (Phi) is 6.60. The summed E-state index contributed by atoms with van der Waals surface area (Å²) in [7, 11) is 5.81. The standard InChI is InChI=1S/C14H21BO2/c1-3-5-7-16-13-9-12(15)10-14(11-13)17-8-6-4-2/h9-11H,3-8H2,1-2H3. The minimum Gasteiger partial charge on any atom is -0.493 e. The molecule has 0 fully saturated rings. The second-order valence-electron chi connectivity index (χ2n) is 4.14. The molecular formula is C14H21BO2. The van der Waals surface area contributed by atoms with Crippen molar-refractivity contribution < 1.29 is 9.47 Å². The first-order valence-corrected chi connectivity index (χ1v) is 6.42. The zero-order valence-electron chi connectivity index (χ0n) is 10.9. The molecule has 2 nitrogen and oxygen atoms in total. The van der Waals surface area contributed by atoms with Crippen LogP contribution in [0.5, 0.6) is 11.5 Å². The first kappa shape index (κ1) is 13.9. The van der Waals surface area contributed by atoms with Crippen LogP contribution in [-0.4, -0.2) is 21.1 Å². The van der Waals surface area contributed by atoms with Gasteiger partial charge in [0, 0.05) is 6.07 Å². The maximum absolute atomic E-state index is 5.81. The highest BCUT2D eigenvalue weighted by molar-refractivity contribution is 6.32. The minimum atomic E-state index is 0.686. The summed E-state index contributed by atoms with van der Waals surface area (Å²) in [6.07, 6.45) is 4.37. The monoisotopic (exact) mass is 232 g/mol. The van der Waals surface area contributed by atoms with E-state index in [-0.39, 0.29) is 0 Å². The Balaban J connectivity index is 2.53. The van der Waals surface area contributed by atoms with Crippen molar-refractivity contribution >= 4 is 13.3 Å². The molecule has 0 unspecified atom stereocenters. The molecule has 0 N–H and O–H groups in total. The largest absolute Gasteiger partial charge is 0.493 e. The van der Waals surface area contributed by atoms with E-state index >= 15 is 0 Å². The molecule has 92 valence electrons. The van der Waals surface area contributed by atoms with Crippen molar-refractivity contribution in [2.24, 2.45) is 0 Å². The van der Waals surface area contributed by atoms with Gasteiger partial charge < -0.3 is 9.47 Å². The smallest absolute Gasteiger partial charge is 0.122 e. The summed E-state index contributed by atoms with van der Waals surface area (Å²) in [6, 6.07) is 5.58. The van der Waals surface area contributed by atoms with E-state index in [0.29, 0.717) is 5.46 Å². The molecule has 1 rings (SSSR count). The van der Waals surface area contributed by atoms with Crippen molar-refractivity contribution in [3.8, 4) is 11.5 Å². The van der Waals surface area contributed by atoms with Gasteiger partial charge in [0.2, 0.25) is 0 Å². The number of hydrogen-bond donors (Lipinski definition) is 0. The quantitative estimate of drug-likeness (QED) is 0.506. The van der Waals surface area contributed by atoms with Crippen molar-refractivity contribution in [1.82, 2.24) is 0 Å². The molecule has 17 heavy (non-hydrogen) atoms. The molecule has 0 atom stereocenters. The van der Waals surface area contributed by atoms with Gasteiger partial charge in [-0.15, -0.1) is 0 Å². The van der Waals surface area contributed by atoms with Gasteiger partial charge >= 0.3 is 0 Å². The average Bonchev–Trinajstić information content (AvgIpc) is 2.29. The van der Waals surface area contributed by atoms with Gasteiger partial charge in [0.05, 0.1) is 13.2 Å². The van der Waals surface area contributed by atoms with Gasteiger partial charge in [-0.25, -0.2) is 0 Å². The van der Waals surface area contributed by atoms with E-state index in [4.69, 9.17) is 17.3 Å². The van der Waals surface area contributed by atoms with Crippen LogP contribution < -0.4 is 14.9 Å². The van der Waals surface area contributed by atoms with Gasteiger partial charge in [-0.2, -0.15) is 0 Å². The number of benzene rings is 1. The van der Waals surface area contributed by atoms with Crippen LogP contribution in [0.25, 0.3) is 0 Å². The molecule has 1 aromatic carbocycles. The third-order valence-electron chi connectivity index (χ3n) is 2.44. The van der Waals surface area contributed by atoms with E-state index in [0.717, 1.165) is 50.4 Å². The Morgan fingerprint density at radius 2 is 1.35 bits per heavy atom. The van der Waals surface area contributed by atoms with E-state index in [1.165, 1.54) is 0 Å². The van der Waals surface area contributed by atoms with Crippen LogP contribution in [0.3, 0.4) is 0 Å². The Bertz CT molecular complexity index is 298. The lowest BCUT2D eigenvalue weighted by Crippen LogP contribution is -2.07. The lowest BCUT2D eigenvalue weighted by molar-refractivity contribution is 0.294. The summed E-state index contributed by atoms with van der Waals surface area (Å²) < 4.78 is 11.2. The predicted molar refractivity (Wildman–Crippen MR) is 72.6 cm³/mol. The van der Waals surface area contributed by atoms with E-state index in [2.05, 4.69) is 13.8 Å². The Morgan fingerprint density at radius 1 is 0.882 bits per heavy atom. The lowest BCUT2D eigenvalue weighted by Gasteiger charge is -2.10. The van der Waals surface area contributed by atoms with Crippen molar-refractivity contribution in [1.29, 1.82) is 0 Å². The first-order valence-electron chi connectivity index (χ1n) is 6.42. The van der Waals surface area contributed by atoms with Crippen molar-refractivity contribution in [2.45, 2.75) is 39.5 Å². The van der Waals surface area contributed by atoms with Crippen LogP contribution >= 0.6 is 0 Å². The van der Waals surface area contributed by atoms with Gasteiger partial charge in [-0.3, -0.25) is 0 Å². The van der Waals surface area contributed by atoms with Gasteiger partial charge in [-0.05, 0) is 25.0 Å². The maximum Gasteiger partial charge on any atom is 0.122 e. The molecule has 0 aliphatic heterocycles. The van der Waals surface area contributed by atoms with Gasteiger partial charge in [-0.1, -0.05) is 32.2 Å². The number of hydrogen-bond acceptors (Lipinski definition) is 2. The highest BCUT2D eigenvalue weighted by Gasteiger charge is 2.00. The second-order valence-corrected chi connectivity index (χ2v) is 4.14. The Morgan fingerprint density at radius 3 is 1.76 bits per heavy atom. The average molecular weight is 232 g/mol. The van der Waals surface area contributed by atoms with Crippen LogP contribution in [0, 0.1) is 0 Å². The van der Waals surface area contributed by atoms with Crippen LogP contribution in [-0.2, 0) is 0 Å². The maximum atomic E-state index is 5.81. The molecule has 0 saturated heterocycles. The van der Waals surface area contributed by atoms with Crippen molar-refractivity contribution in [3.63, 3.8) is 0 Å². The lowest BCUT2D eigenvalue weighted by atomic mass is 9.96. The molecule has 0 heterocycles. The predicted octanol–water partition coefficient (Wildman–Crippen LogP) is 2.84. The van der Waals surface area contributed by atoms with E-state index in [9.17, 15) is 0 Å². The molecular weight excluding hydrogens is 211 g/mol. The van der Waals surface area contributed by atoms with Crippen LogP contribution in [0.1, 0.15) is 39.5 Å². The van der Waals surface area contributed by atoms with Crippen molar-refractivity contribution in [2.75, 3.05) is 13.2 Å². The third kappa shape index (κ3) is 5.67. The van der Waals surface area contributed by atoms with Crippen LogP contribution in [0.15, 0.2) is 18.2 Å². The fourth-order valence-corrected chi connectivity index (χ4v) is 1.43. The molecule has 0 saturated carbocycles. The highest BCUT2D eigenvalue weighted by Crippen LogP contribution is 2.18. The Labute approximate surface area is 106 Å². The molecule has 2 radical (unpaired) electrons. The SMILES string of the molecule is [B]c1cc(OCCCC)cc(OCCCC)c1. The number of unbranched alkanes of at least 4 members (excludes halogenated alkanes) is 2. The fourth-order valence-electron chi connectivity index (χ4n) is 1.43. The molecule has 3 heteroatoms. The van der Waals surface area contributed by atoms with E-state index in [1.807, 2.05) is 18.2 Å². The summed E-state index contributed by atoms with van der Waals surface area (Å²) in [5, 5.41) is 0. The topological polar surface area (TPSA) is 18.5 Å². The zero-order valence-corrected chi connectivity index (χ0v) is 10.9. The molecule has 0 amide bonds. The number of ether oxygens (including phenoxy) is 2.